The van der Waals surface area contributed by atoms with Crippen molar-refractivity contribution in [2.24, 2.45) is 4.99 Å². The number of aliphatic imine (C=N–C) groups is 1. The highest BCUT2D eigenvalue weighted by atomic mass is 19.1. The predicted molar refractivity (Wildman–Crippen MR) is 95.7 cm³/mol. The van der Waals surface area contributed by atoms with Gasteiger partial charge in [-0.2, -0.15) is 0 Å². The van der Waals surface area contributed by atoms with Gasteiger partial charge in [-0.15, -0.1) is 0 Å². The van der Waals surface area contributed by atoms with Gasteiger partial charge in [0.05, 0.1) is 6.61 Å². The molecule has 2 aromatic rings. The van der Waals surface area contributed by atoms with E-state index in [1.54, 1.807) is 25.2 Å². The lowest BCUT2D eigenvalue weighted by Gasteiger charge is -2.12. The molecule has 0 aliphatic carbocycles. The molecule has 0 saturated heterocycles. The van der Waals surface area contributed by atoms with E-state index in [1.165, 1.54) is 24.3 Å². The minimum absolute atomic E-state index is 0.247. The van der Waals surface area contributed by atoms with Crippen molar-refractivity contribution in [2.45, 2.75) is 19.4 Å². The lowest BCUT2D eigenvalue weighted by atomic mass is 10.2. The van der Waals surface area contributed by atoms with E-state index in [0.29, 0.717) is 24.9 Å². The number of halogens is 2. The van der Waals surface area contributed by atoms with Gasteiger partial charge in [-0.3, -0.25) is 4.99 Å². The highest BCUT2D eigenvalue weighted by Crippen LogP contribution is 2.11. The number of unbranched alkanes of at least 4 members (excludes halogenated alkanes) is 1. The fourth-order valence-electron chi connectivity index (χ4n) is 2.21. The molecule has 0 aliphatic heterocycles. The van der Waals surface area contributed by atoms with E-state index in [4.69, 9.17) is 4.74 Å². The molecular weight excluding hydrogens is 324 g/mol. The number of hydrogen-bond donors (Lipinski definition) is 2. The topological polar surface area (TPSA) is 45.7 Å². The van der Waals surface area contributed by atoms with E-state index < -0.39 is 0 Å². The van der Waals surface area contributed by atoms with E-state index in [-0.39, 0.29) is 11.6 Å². The first-order valence-corrected chi connectivity index (χ1v) is 8.24. The summed E-state index contributed by atoms with van der Waals surface area (Å²) in [6, 6.07) is 12.4. The summed E-state index contributed by atoms with van der Waals surface area (Å²) in [4.78, 5) is 4.13. The summed E-state index contributed by atoms with van der Waals surface area (Å²) in [5.41, 5.74) is 0.857. The van der Waals surface area contributed by atoms with Crippen LogP contribution in [-0.4, -0.2) is 26.2 Å². The zero-order valence-electron chi connectivity index (χ0n) is 14.3. The number of rotatable bonds is 8. The molecule has 2 aromatic carbocycles. The highest BCUT2D eigenvalue weighted by molar-refractivity contribution is 5.79. The highest BCUT2D eigenvalue weighted by Gasteiger charge is 2.00. The van der Waals surface area contributed by atoms with Crippen molar-refractivity contribution < 1.29 is 13.5 Å². The van der Waals surface area contributed by atoms with E-state index in [1.807, 2.05) is 6.07 Å². The molecule has 6 heteroatoms. The second kappa shape index (κ2) is 10.3. The monoisotopic (exact) mass is 347 g/mol. The van der Waals surface area contributed by atoms with Crippen LogP contribution in [0.4, 0.5) is 8.78 Å². The normalized spacial score (nSPS) is 11.2. The lowest BCUT2D eigenvalue weighted by Crippen LogP contribution is -2.37. The molecule has 2 rings (SSSR count). The van der Waals surface area contributed by atoms with Crippen molar-refractivity contribution >= 4 is 5.96 Å². The van der Waals surface area contributed by atoms with E-state index >= 15 is 0 Å². The standard InChI is InChI=1S/C19H23F2N3O/c1-22-19(24-14-15-5-4-6-17(21)13-15)23-11-2-3-12-25-18-9-7-16(20)8-10-18/h4-10,13H,2-3,11-12,14H2,1H3,(H2,22,23,24). The summed E-state index contributed by atoms with van der Waals surface area (Å²) >= 11 is 0. The minimum atomic E-state index is -0.270. The van der Waals surface area contributed by atoms with Gasteiger partial charge in [0.2, 0.25) is 0 Å². The first kappa shape index (κ1) is 18.7. The molecule has 0 amide bonds. The third kappa shape index (κ3) is 7.20. The van der Waals surface area contributed by atoms with Crippen molar-refractivity contribution in [1.82, 2.24) is 10.6 Å². The van der Waals surface area contributed by atoms with Gasteiger partial charge in [-0.25, -0.2) is 8.78 Å². The van der Waals surface area contributed by atoms with Gasteiger partial charge >= 0.3 is 0 Å². The van der Waals surface area contributed by atoms with Crippen molar-refractivity contribution in [3.8, 4) is 5.75 Å². The van der Waals surface area contributed by atoms with Crippen LogP contribution in [0.3, 0.4) is 0 Å². The zero-order chi connectivity index (χ0) is 17.9. The Morgan fingerprint density at radius 1 is 1.00 bits per heavy atom. The van der Waals surface area contributed by atoms with Crippen LogP contribution in [0.15, 0.2) is 53.5 Å². The van der Waals surface area contributed by atoms with Gasteiger partial charge in [0.15, 0.2) is 5.96 Å². The summed E-state index contributed by atoms with van der Waals surface area (Å²) < 4.78 is 31.4. The van der Waals surface area contributed by atoms with Crippen LogP contribution >= 0.6 is 0 Å². The molecule has 0 atom stereocenters. The van der Waals surface area contributed by atoms with Crippen molar-refractivity contribution in [1.29, 1.82) is 0 Å². The molecule has 0 unspecified atom stereocenters. The summed E-state index contributed by atoms with van der Waals surface area (Å²) in [7, 11) is 1.69. The Balaban J connectivity index is 1.58. The Bertz CT molecular complexity index is 675. The van der Waals surface area contributed by atoms with Crippen molar-refractivity contribution in [2.75, 3.05) is 20.2 Å². The molecule has 0 bridgehead atoms. The fourth-order valence-corrected chi connectivity index (χ4v) is 2.21. The van der Waals surface area contributed by atoms with Crippen LogP contribution in [0.2, 0.25) is 0 Å². The average molecular weight is 347 g/mol. The van der Waals surface area contributed by atoms with Gasteiger partial charge in [0, 0.05) is 20.1 Å². The van der Waals surface area contributed by atoms with E-state index in [0.717, 1.165) is 24.9 Å². The third-order valence-electron chi connectivity index (χ3n) is 3.52. The second-order valence-electron chi connectivity index (χ2n) is 5.49. The maximum atomic E-state index is 13.1. The summed E-state index contributed by atoms with van der Waals surface area (Å²) in [5.74, 6) is 0.822. The predicted octanol–water partition coefficient (Wildman–Crippen LogP) is 3.49. The Morgan fingerprint density at radius 2 is 1.80 bits per heavy atom. The van der Waals surface area contributed by atoms with Gasteiger partial charge < -0.3 is 15.4 Å². The van der Waals surface area contributed by atoms with Crippen LogP contribution in [0.25, 0.3) is 0 Å². The Kier molecular flexibility index (Phi) is 7.69. The molecule has 25 heavy (non-hydrogen) atoms. The van der Waals surface area contributed by atoms with Crippen molar-refractivity contribution in [3.63, 3.8) is 0 Å². The molecule has 0 heterocycles. The summed E-state index contributed by atoms with van der Waals surface area (Å²) in [5, 5.41) is 6.34. The fraction of sp³-hybridized carbons (Fsp3) is 0.316. The van der Waals surface area contributed by atoms with E-state index in [2.05, 4.69) is 15.6 Å². The molecule has 2 N–H and O–H groups in total. The number of hydrogen-bond acceptors (Lipinski definition) is 2. The molecule has 0 radical (unpaired) electrons. The molecule has 0 aliphatic rings. The maximum absolute atomic E-state index is 13.1. The SMILES string of the molecule is CN=C(NCCCCOc1ccc(F)cc1)NCc1cccc(F)c1. The first-order chi connectivity index (χ1) is 12.2. The van der Waals surface area contributed by atoms with Gasteiger partial charge in [-0.1, -0.05) is 12.1 Å². The quantitative estimate of drug-likeness (QED) is 0.436. The number of nitrogens with zero attached hydrogens (tertiary/aromatic N) is 1. The molecule has 0 fully saturated rings. The maximum Gasteiger partial charge on any atom is 0.191 e. The average Bonchev–Trinajstić information content (AvgIpc) is 2.62. The Labute approximate surface area is 146 Å². The van der Waals surface area contributed by atoms with E-state index in [9.17, 15) is 8.78 Å². The van der Waals surface area contributed by atoms with Gasteiger partial charge in [-0.05, 0) is 54.8 Å². The number of guanidine groups is 1. The number of nitrogens with one attached hydrogen (secondary N) is 2. The van der Waals surface area contributed by atoms with Crippen LogP contribution < -0.4 is 15.4 Å². The molecule has 0 saturated carbocycles. The van der Waals surface area contributed by atoms with Crippen LogP contribution in [-0.2, 0) is 6.54 Å². The molecule has 0 spiro atoms. The minimum Gasteiger partial charge on any atom is -0.494 e. The van der Waals surface area contributed by atoms with Crippen LogP contribution in [0.1, 0.15) is 18.4 Å². The third-order valence-corrected chi connectivity index (χ3v) is 3.52. The largest absolute Gasteiger partial charge is 0.494 e. The number of ether oxygens (including phenoxy) is 1. The number of benzene rings is 2. The second-order valence-corrected chi connectivity index (χ2v) is 5.49. The Morgan fingerprint density at radius 3 is 2.52 bits per heavy atom. The summed E-state index contributed by atoms with van der Waals surface area (Å²) in [6.45, 7) is 1.82. The summed E-state index contributed by atoms with van der Waals surface area (Å²) in [6.07, 6.45) is 1.77. The van der Waals surface area contributed by atoms with Crippen LogP contribution in [0, 0.1) is 11.6 Å². The molecule has 4 nitrogen and oxygen atoms in total. The molecule has 134 valence electrons. The van der Waals surface area contributed by atoms with Crippen molar-refractivity contribution in [3.05, 3.63) is 65.7 Å². The van der Waals surface area contributed by atoms with Crippen LogP contribution in [0.5, 0.6) is 5.75 Å². The molecule has 0 aromatic heterocycles. The molecular formula is C19H23F2N3O. The first-order valence-electron chi connectivity index (χ1n) is 8.24. The lowest BCUT2D eigenvalue weighted by molar-refractivity contribution is 0.306. The smallest absolute Gasteiger partial charge is 0.191 e. The Hall–Kier alpha value is -2.63. The zero-order valence-corrected chi connectivity index (χ0v) is 14.3. The van der Waals surface area contributed by atoms with Gasteiger partial charge in [0.1, 0.15) is 17.4 Å². The van der Waals surface area contributed by atoms with Gasteiger partial charge in [0.25, 0.3) is 0 Å².